The zero-order valence-corrected chi connectivity index (χ0v) is 9.39. The van der Waals surface area contributed by atoms with Crippen molar-refractivity contribution < 1.29 is 4.79 Å². The molecule has 0 fully saturated rings. The molecule has 0 aromatic carbocycles. The number of fused-ring (bicyclic) bond motifs is 1. The van der Waals surface area contributed by atoms with Gasteiger partial charge in [-0.15, -0.1) is 0 Å². The predicted molar refractivity (Wildman–Crippen MR) is 62.2 cm³/mol. The highest BCUT2D eigenvalue weighted by Gasteiger charge is 2.25. The Balaban J connectivity index is 2.14. The van der Waals surface area contributed by atoms with Crippen LogP contribution in [-0.2, 0) is 4.79 Å². The Hall–Kier alpha value is -1.78. The van der Waals surface area contributed by atoms with Crippen molar-refractivity contribution >= 4 is 11.7 Å². The average molecular weight is 220 g/mol. The third-order valence-corrected chi connectivity index (χ3v) is 2.56. The number of carbonyl (C=O) groups excluding carboxylic acids is 1. The first-order valence-electron chi connectivity index (χ1n) is 5.51. The smallest absolute Gasteiger partial charge is 0.262 e. The fourth-order valence-corrected chi connectivity index (χ4v) is 1.66. The number of unbranched alkanes of at least 4 members (excludes halogenated alkanes) is 1. The molecule has 0 saturated heterocycles. The minimum atomic E-state index is 0.0246. The standard InChI is InChI=1S/C11H16N4O/c1-2-3-6-15-11(16)8-14-7-9(12)4-5-10(14)13-15/h4-5,7H,2-3,6,8,12H2,1H3. The quantitative estimate of drug-likeness (QED) is 0.758. The van der Waals surface area contributed by atoms with Crippen LogP contribution in [0.2, 0.25) is 0 Å². The monoisotopic (exact) mass is 220 g/mol. The zero-order valence-electron chi connectivity index (χ0n) is 9.39. The highest BCUT2D eigenvalue weighted by atomic mass is 16.2. The van der Waals surface area contributed by atoms with E-state index in [2.05, 4.69) is 12.0 Å². The third kappa shape index (κ3) is 2.08. The second-order valence-electron chi connectivity index (χ2n) is 3.92. The number of hydrogen-bond acceptors (Lipinski definition) is 4. The largest absolute Gasteiger partial charge is 0.398 e. The normalized spacial score (nSPS) is 19.4. The van der Waals surface area contributed by atoms with Crippen molar-refractivity contribution in [2.75, 3.05) is 13.1 Å². The van der Waals surface area contributed by atoms with Gasteiger partial charge in [0.1, 0.15) is 6.54 Å². The maximum atomic E-state index is 11.7. The molecule has 0 aromatic rings. The van der Waals surface area contributed by atoms with Gasteiger partial charge in [0.15, 0.2) is 5.84 Å². The summed E-state index contributed by atoms with van der Waals surface area (Å²) in [7, 11) is 0. The molecule has 2 aliphatic heterocycles. The summed E-state index contributed by atoms with van der Waals surface area (Å²) in [4.78, 5) is 13.5. The Labute approximate surface area is 94.9 Å². The molecule has 0 aromatic heterocycles. The van der Waals surface area contributed by atoms with E-state index in [0.29, 0.717) is 18.8 Å². The molecule has 0 bridgehead atoms. The van der Waals surface area contributed by atoms with E-state index >= 15 is 0 Å². The number of amides is 1. The van der Waals surface area contributed by atoms with Crippen molar-refractivity contribution in [3.05, 3.63) is 24.0 Å². The number of hydrazone groups is 1. The van der Waals surface area contributed by atoms with Gasteiger partial charge in [0.2, 0.25) is 0 Å². The van der Waals surface area contributed by atoms with Gasteiger partial charge in [-0.25, -0.2) is 5.01 Å². The van der Waals surface area contributed by atoms with Crippen molar-refractivity contribution in [2.45, 2.75) is 19.8 Å². The highest BCUT2D eigenvalue weighted by molar-refractivity contribution is 6.00. The summed E-state index contributed by atoms with van der Waals surface area (Å²) in [5, 5.41) is 5.85. The second-order valence-corrected chi connectivity index (χ2v) is 3.92. The zero-order chi connectivity index (χ0) is 11.5. The fourth-order valence-electron chi connectivity index (χ4n) is 1.66. The van der Waals surface area contributed by atoms with Crippen LogP contribution in [0.25, 0.3) is 0 Å². The molecule has 0 atom stereocenters. The molecule has 0 aliphatic carbocycles. The molecule has 16 heavy (non-hydrogen) atoms. The number of hydrogen-bond donors (Lipinski definition) is 1. The van der Waals surface area contributed by atoms with E-state index in [4.69, 9.17) is 5.73 Å². The molecule has 0 saturated carbocycles. The van der Waals surface area contributed by atoms with Gasteiger partial charge < -0.3 is 10.6 Å². The molecule has 5 nitrogen and oxygen atoms in total. The van der Waals surface area contributed by atoms with Gasteiger partial charge >= 0.3 is 0 Å². The maximum Gasteiger partial charge on any atom is 0.262 e. The number of amidine groups is 1. The van der Waals surface area contributed by atoms with E-state index in [9.17, 15) is 4.79 Å². The molecule has 0 spiro atoms. The lowest BCUT2D eigenvalue weighted by Gasteiger charge is -2.31. The SMILES string of the molecule is CCCCN1N=C2C=CC(N)=CN2CC1=O. The van der Waals surface area contributed by atoms with Crippen LogP contribution in [0.15, 0.2) is 29.2 Å². The van der Waals surface area contributed by atoms with Gasteiger partial charge in [-0.1, -0.05) is 13.3 Å². The molecule has 5 heteroatoms. The number of carbonyl (C=O) groups is 1. The van der Waals surface area contributed by atoms with E-state index in [-0.39, 0.29) is 5.91 Å². The first-order chi connectivity index (χ1) is 7.70. The number of rotatable bonds is 3. The first-order valence-corrected chi connectivity index (χ1v) is 5.51. The molecule has 2 rings (SSSR count). The van der Waals surface area contributed by atoms with Crippen LogP contribution in [-0.4, -0.2) is 34.7 Å². The van der Waals surface area contributed by atoms with E-state index in [0.717, 1.165) is 18.7 Å². The van der Waals surface area contributed by atoms with Crippen LogP contribution in [0.1, 0.15) is 19.8 Å². The van der Waals surface area contributed by atoms with Gasteiger partial charge in [-0.05, 0) is 18.6 Å². The Morgan fingerprint density at radius 2 is 2.31 bits per heavy atom. The Morgan fingerprint density at radius 1 is 1.50 bits per heavy atom. The van der Waals surface area contributed by atoms with E-state index in [1.54, 1.807) is 22.2 Å². The molecule has 86 valence electrons. The predicted octanol–water partition coefficient (Wildman–Crippen LogP) is 0.614. The summed E-state index contributed by atoms with van der Waals surface area (Å²) in [6, 6.07) is 0. The van der Waals surface area contributed by atoms with Crippen LogP contribution in [0.4, 0.5) is 0 Å². The fraction of sp³-hybridized carbons (Fsp3) is 0.455. The summed E-state index contributed by atoms with van der Waals surface area (Å²) >= 11 is 0. The van der Waals surface area contributed by atoms with Crippen molar-refractivity contribution in [3.63, 3.8) is 0 Å². The van der Waals surface area contributed by atoms with E-state index < -0.39 is 0 Å². The Kier molecular flexibility index (Phi) is 2.94. The lowest BCUT2D eigenvalue weighted by Crippen LogP contribution is -2.45. The summed E-state index contributed by atoms with van der Waals surface area (Å²) in [5.74, 6) is 0.807. The third-order valence-electron chi connectivity index (χ3n) is 2.56. The minimum absolute atomic E-state index is 0.0246. The molecular weight excluding hydrogens is 204 g/mol. The molecule has 2 N–H and O–H groups in total. The van der Waals surface area contributed by atoms with Crippen molar-refractivity contribution in [1.29, 1.82) is 0 Å². The lowest BCUT2D eigenvalue weighted by atomic mass is 10.2. The molecular formula is C11H16N4O. The van der Waals surface area contributed by atoms with Crippen LogP contribution < -0.4 is 5.73 Å². The van der Waals surface area contributed by atoms with Gasteiger partial charge in [-0.2, -0.15) is 5.10 Å². The lowest BCUT2D eigenvalue weighted by molar-refractivity contribution is -0.132. The van der Waals surface area contributed by atoms with Gasteiger partial charge in [0, 0.05) is 18.4 Å². The molecule has 0 radical (unpaired) electrons. The summed E-state index contributed by atoms with van der Waals surface area (Å²) in [6.07, 6.45) is 7.41. The molecule has 2 aliphatic rings. The van der Waals surface area contributed by atoms with Gasteiger partial charge in [-0.3, -0.25) is 4.79 Å². The van der Waals surface area contributed by atoms with E-state index in [1.165, 1.54) is 0 Å². The number of nitrogens with two attached hydrogens (primary N) is 1. The highest BCUT2D eigenvalue weighted by Crippen LogP contribution is 2.13. The van der Waals surface area contributed by atoms with Crippen LogP contribution >= 0.6 is 0 Å². The second kappa shape index (κ2) is 4.38. The maximum absolute atomic E-state index is 11.7. The van der Waals surface area contributed by atoms with Crippen LogP contribution in [0.3, 0.4) is 0 Å². The Morgan fingerprint density at radius 3 is 3.06 bits per heavy atom. The minimum Gasteiger partial charge on any atom is -0.398 e. The van der Waals surface area contributed by atoms with Crippen LogP contribution in [0, 0.1) is 0 Å². The Bertz CT molecular complexity index is 383. The first kappa shape index (κ1) is 10.7. The molecule has 2 heterocycles. The van der Waals surface area contributed by atoms with Gasteiger partial charge in [0.25, 0.3) is 5.91 Å². The van der Waals surface area contributed by atoms with Crippen LogP contribution in [0.5, 0.6) is 0 Å². The summed E-state index contributed by atoms with van der Waals surface area (Å²) < 4.78 is 0. The average Bonchev–Trinajstić information content (AvgIpc) is 2.26. The molecule has 0 unspecified atom stereocenters. The summed E-state index contributed by atoms with van der Waals surface area (Å²) in [5.41, 5.74) is 6.30. The van der Waals surface area contributed by atoms with Crippen molar-refractivity contribution in [1.82, 2.24) is 9.91 Å². The molecule has 1 amide bonds. The van der Waals surface area contributed by atoms with Crippen molar-refractivity contribution in [2.24, 2.45) is 10.8 Å². The number of allylic oxidation sites excluding steroid dienone is 1. The van der Waals surface area contributed by atoms with Gasteiger partial charge in [0.05, 0.1) is 0 Å². The van der Waals surface area contributed by atoms with E-state index in [1.807, 2.05) is 6.08 Å². The topological polar surface area (TPSA) is 61.9 Å². The van der Waals surface area contributed by atoms with Crippen molar-refractivity contribution in [3.8, 4) is 0 Å². The summed E-state index contributed by atoms with van der Waals surface area (Å²) in [6.45, 7) is 3.12. The number of nitrogens with zero attached hydrogens (tertiary/aromatic N) is 3.